The lowest BCUT2D eigenvalue weighted by Gasteiger charge is -2.15. The van der Waals surface area contributed by atoms with Crippen LogP contribution in [0.3, 0.4) is 0 Å². The van der Waals surface area contributed by atoms with Gasteiger partial charge in [-0.25, -0.2) is 9.36 Å². The number of nitrogen functional groups attached to an aromatic ring is 1. The monoisotopic (exact) mass is 302 g/mol. The minimum Gasteiger partial charge on any atom is -0.384 e. The van der Waals surface area contributed by atoms with Crippen molar-refractivity contribution in [2.24, 2.45) is 7.05 Å². The summed E-state index contributed by atoms with van der Waals surface area (Å²) in [5.41, 5.74) is 6.39. The molecule has 0 radical (unpaired) electrons. The highest BCUT2D eigenvalue weighted by Crippen LogP contribution is 2.12. The third-order valence-corrected chi connectivity index (χ3v) is 3.61. The van der Waals surface area contributed by atoms with E-state index in [2.05, 4.69) is 12.2 Å². The standard InChI is InChI=1S/C16H22N4O2/c1-3-4-10-18-11-13-14(17)20(12-8-6-5-7-9-12)16(22)19(2)15(13)21/h5-9,18H,3-4,10-11,17H2,1-2H3. The molecule has 6 nitrogen and oxygen atoms in total. The highest BCUT2D eigenvalue weighted by Gasteiger charge is 2.15. The van der Waals surface area contributed by atoms with Crippen LogP contribution in [0.5, 0.6) is 0 Å². The van der Waals surface area contributed by atoms with Crippen molar-refractivity contribution < 1.29 is 0 Å². The van der Waals surface area contributed by atoms with Crippen LogP contribution in [-0.2, 0) is 13.6 Å². The zero-order valence-electron chi connectivity index (χ0n) is 13.0. The number of aromatic nitrogens is 2. The number of hydrogen-bond donors (Lipinski definition) is 2. The zero-order chi connectivity index (χ0) is 16.1. The van der Waals surface area contributed by atoms with Crippen LogP contribution in [-0.4, -0.2) is 15.7 Å². The van der Waals surface area contributed by atoms with E-state index in [1.54, 1.807) is 12.1 Å². The summed E-state index contributed by atoms with van der Waals surface area (Å²) in [6, 6.07) is 9.09. The zero-order valence-corrected chi connectivity index (χ0v) is 13.0. The first-order valence-electron chi connectivity index (χ1n) is 7.44. The Kier molecular flexibility index (Phi) is 5.16. The number of para-hydroxylation sites is 1. The minimum atomic E-state index is -0.439. The average molecular weight is 302 g/mol. The van der Waals surface area contributed by atoms with Gasteiger partial charge in [-0.05, 0) is 25.1 Å². The summed E-state index contributed by atoms with van der Waals surface area (Å²) >= 11 is 0. The van der Waals surface area contributed by atoms with Crippen molar-refractivity contribution in [2.75, 3.05) is 12.3 Å². The van der Waals surface area contributed by atoms with Crippen molar-refractivity contribution in [2.45, 2.75) is 26.3 Å². The molecular weight excluding hydrogens is 280 g/mol. The second kappa shape index (κ2) is 7.09. The number of nitrogens with one attached hydrogen (secondary N) is 1. The molecule has 6 heteroatoms. The highest BCUT2D eigenvalue weighted by molar-refractivity contribution is 5.47. The van der Waals surface area contributed by atoms with Gasteiger partial charge in [0.1, 0.15) is 5.82 Å². The van der Waals surface area contributed by atoms with Crippen molar-refractivity contribution in [3.63, 3.8) is 0 Å². The lowest BCUT2D eigenvalue weighted by atomic mass is 10.2. The summed E-state index contributed by atoms with van der Waals surface area (Å²) in [4.78, 5) is 24.7. The summed E-state index contributed by atoms with van der Waals surface area (Å²) in [6.45, 7) is 3.26. The van der Waals surface area contributed by atoms with Crippen LogP contribution in [0.15, 0.2) is 39.9 Å². The van der Waals surface area contributed by atoms with Gasteiger partial charge in [0, 0.05) is 13.6 Å². The van der Waals surface area contributed by atoms with Crippen LogP contribution >= 0.6 is 0 Å². The second-order valence-electron chi connectivity index (χ2n) is 5.21. The number of nitrogens with zero attached hydrogens (tertiary/aromatic N) is 2. The van der Waals surface area contributed by atoms with Crippen LogP contribution in [0.2, 0.25) is 0 Å². The Bertz CT molecular complexity index is 747. The van der Waals surface area contributed by atoms with E-state index in [9.17, 15) is 9.59 Å². The molecule has 0 aliphatic heterocycles. The Hall–Kier alpha value is -2.34. The van der Waals surface area contributed by atoms with Crippen LogP contribution in [0.1, 0.15) is 25.3 Å². The van der Waals surface area contributed by atoms with E-state index in [-0.39, 0.29) is 11.4 Å². The molecule has 0 atom stereocenters. The molecule has 3 N–H and O–H groups in total. The molecular formula is C16H22N4O2. The van der Waals surface area contributed by atoms with E-state index in [1.807, 2.05) is 18.2 Å². The predicted molar refractivity (Wildman–Crippen MR) is 88.3 cm³/mol. The molecule has 0 spiro atoms. The quantitative estimate of drug-likeness (QED) is 0.780. The molecule has 1 heterocycles. The van der Waals surface area contributed by atoms with Gasteiger partial charge >= 0.3 is 5.69 Å². The van der Waals surface area contributed by atoms with E-state index >= 15 is 0 Å². The van der Waals surface area contributed by atoms with Crippen molar-refractivity contribution in [1.82, 2.24) is 14.5 Å². The molecule has 2 aromatic rings. The van der Waals surface area contributed by atoms with Crippen molar-refractivity contribution in [3.8, 4) is 5.69 Å². The van der Waals surface area contributed by atoms with E-state index < -0.39 is 5.69 Å². The first-order valence-corrected chi connectivity index (χ1v) is 7.44. The molecule has 0 amide bonds. The Morgan fingerprint density at radius 2 is 1.86 bits per heavy atom. The molecule has 1 aromatic carbocycles. The Morgan fingerprint density at radius 1 is 1.18 bits per heavy atom. The number of unbranched alkanes of at least 4 members (excludes halogenated alkanes) is 1. The molecule has 0 aliphatic rings. The molecule has 118 valence electrons. The SMILES string of the molecule is CCCCNCc1c(N)n(-c2ccccc2)c(=O)n(C)c1=O. The number of hydrogen-bond acceptors (Lipinski definition) is 4. The van der Waals surface area contributed by atoms with Gasteiger partial charge in [-0.15, -0.1) is 0 Å². The topological polar surface area (TPSA) is 82.0 Å². The first-order chi connectivity index (χ1) is 10.6. The Morgan fingerprint density at radius 3 is 2.50 bits per heavy atom. The van der Waals surface area contributed by atoms with E-state index in [4.69, 9.17) is 5.73 Å². The maximum absolute atomic E-state index is 12.4. The summed E-state index contributed by atoms with van der Waals surface area (Å²) in [6.07, 6.45) is 2.10. The van der Waals surface area contributed by atoms with E-state index in [0.29, 0.717) is 17.8 Å². The van der Waals surface area contributed by atoms with Crippen molar-refractivity contribution in [1.29, 1.82) is 0 Å². The van der Waals surface area contributed by atoms with Gasteiger partial charge in [0.05, 0.1) is 11.3 Å². The normalized spacial score (nSPS) is 10.8. The van der Waals surface area contributed by atoms with Gasteiger partial charge in [-0.3, -0.25) is 9.36 Å². The lowest BCUT2D eigenvalue weighted by molar-refractivity contribution is 0.623. The van der Waals surface area contributed by atoms with Gasteiger partial charge in [0.15, 0.2) is 0 Å². The Labute approximate surface area is 129 Å². The molecule has 0 aliphatic carbocycles. The summed E-state index contributed by atoms with van der Waals surface area (Å²) in [5.74, 6) is 0.197. The second-order valence-corrected chi connectivity index (χ2v) is 5.21. The molecule has 22 heavy (non-hydrogen) atoms. The smallest absolute Gasteiger partial charge is 0.336 e. The lowest BCUT2D eigenvalue weighted by Crippen LogP contribution is -2.41. The fraction of sp³-hybridized carbons (Fsp3) is 0.375. The van der Waals surface area contributed by atoms with E-state index in [1.165, 1.54) is 11.6 Å². The number of anilines is 1. The minimum absolute atomic E-state index is 0.197. The van der Waals surface area contributed by atoms with E-state index in [0.717, 1.165) is 24.0 Å². The molecule has 0 unspecified atom stereocenters. The van der Waals surface area contributed by atoms with Gasteiger partial charge in [0.2, 0.25) is 0 Å². The largest absolute Gasteiger partial charge is 0.384 e. The average Bonchev–Trinajstić information content (AvgIpc) is 2.53. The van der Waals surface area contributed by atoms with Gasteiger partial charge < -0.3 is 11.1 Å². The van der Waals surface area contributed by atoms with Gasteiger partial charge in [-0.2, -0.15) is 0 Å². The Balaban J connectivity index is 2.49. The summed E-state index contributed by atoms with van der Waals surface area (Å²) < 4.78 is 2.47. The maximum atomic E-state index is 12.4. The molecule has 0 saturated carbocycles. The van der Waals surface area contributed by atoms with Crippen molar-refractivity contribution >= 4 is 5.82 Å². The maximum Gasteiger partial charge on any atom is 0.336 e. The van der Waals surface area contributed by atoms with Crippen LogP contribution in [0, 0.1) is 0 Å². The predicted octanol–water partition coefficient (Wildman–Crippen LogP) is 1.01. The van der Waals surface area contributed by atoms with Crippen LogP contribution in [0.25, 0.3) is 5.69 Å². The third-order valence-electron chi connectivity index (χ3n) is 3.61. The number of nitrogens with two attached hydrogens (primary N) is 1. The molecule has 0 fully saturated rings. The highest BCUT2D eigenvalue weighted by atomic mass is 16.2. The van der Waals surface area contributed by atoms with Crippen LogP contribution in [0.4, 0.5) is 5.82 Å². The number of rotatable bonds is 6. The van der Waals surface area contributed by atoms with Gasteiger partial charge in [0.25, 0.3) is 5.56 Å². The van der Waals surface area contributed by atoms with Gasteiger partial charge in [-0.1, -0.05) is 31.5 Å². The molecule has 1 aromatic heterocycles. The third kappa shape index (κ3) is 3.12. The molecule has 0 saturated heterocycles. The van der Waals surface area contributed by atoms with Crippen LogP contribution < -0.4 is 22.3 Å². The molecule has 0 bridgehead atoms. The van der Waals surface area contributed by atoms with Crippen molar-refractivity contribution in [3.05, 3.63) is 56.7 Å². The fourth-order valence-corrected chi connectivity index (χ4v) is 2.29. The number of benzene rings is 1. The molecule has 2 rings (SSSR count). The summed E-state index contributed by atoms with van der Waals surface area (Å²) in [7, 11) is 1.47. The first kappa shape index (κ1) is 16.0. The summed E-state index contributed by atoms with van der Waals surface area (Å²) in [5, 5.41) is 3.20. The fourth-order valence-electron chi connectivity index (χ4n) is 2.29.